The van der Waals surface area contributed by atoms with Crippen LogP contribution in [-0.2, 0) is 19.1 Å². The standard InChI is InChI=1S/C32H45ClN4O4.ClH/c1-5-15-36(16-6-2)17-18-37-28(30(39)35-24-12-7-9-20(3)21(24)4)32-14-13-25(41-32)26(27(32)31(37)40)29(38)34-23-11-8-10-22(33)19-23;/h8,10-11,13-14,19-21,24-28H,5-7,9,12,15-18H2,1-4H3,(H,34,38)(H,35,39);1H. The van der Waals surface area contributed by atoms with Crippen molar-refractivity contribution in [2.45, 2.75) is 83.6 Å². The van der Waals surface area contributed by atoms with Gasteiger partial charge in [0.1, 0.15) is 11.6 Å². The third-order valence-corrected chi connectivity index (χ3v) is 10.0. The Hall–Kier alpha value is -2.13. The number of likely N-dealkylation sites (tertiary alicyclic amines) is 1. The van der Waals surface area contributed by atoms with E-state index in [1.165, 1.54) is 0 Å². The number of hydrogen-bond acceptors (Lipinski definition) is 5. The molecule has 10 heteroatoms. The highest BCUT2D eigenvalue weighted by atomic mass is 35.5. The molecule has 2 N–H and O–H groups in total. The molecule has 2 saturated heterocycles. The minimum absolute atomic E-state index is 0. The summed E-state index contributed by atoms with van der Waals surface area (Å²) in [5.41, 5.74) is -0.596. The Morgan fingerprint density at radius 3 is 2.55 bits per heavy atom. The van der Waals surface area contributed by atoms with E-state index in [9.17, 15) is 14.4 Å². The molecule has 3 heterocycles. The van der Waals surface area contributed by atoms with Crippen LogP contribution in [-0.4, -0.2) is 77.5 Å². The molecule has 1 aromatic rings. The Bertz CT molecular complexity index is 1170. The van der Waals surface area contributed by atoms with Gasteiger partial charge < -0.3 is 25.2 Å². The number of rotatable bonds is 11. The van der Waals surface area contributed by atoms with E-state index in [1.54, 1.807) is 29.2 Å². The van der Waals surface area contributed by atoms with Gasteiger partial charge in [0.05, 0.1) is 17.9 Å². The summed E-state index contributed by atoms with van der Waals surface area (Å²) in [4.78, 5) is 46.2. The van der Waals surface area contributed by atoms with Crippen LogP contribution in [0.2, 0.25) is 5.02 Å². The first-order valence-corrected chi connectivity index (χ1v) is 15.8. The summed E-state index contributed by atoms with van der Waals surface area (Å²) in [6.45, 7) is 11.7. The van der Waals surface area contributed by atoms with Crippen molar-refractivity contribution in [3.05, 3.63) is 41.4 Å². The summed E-state index contributed by atoms with van der Waals surface area (Å²) < 4.78 is 6.52. The molecule has 1 spiro atoms. The summed E-state index contributed by atoms with van der Waals surface area (Å²) in [6, 6.07) is 6.20. The van der Waals surface area contributed by atoms with Crippen molar-refractivity contribution in [1.29, 1.82) is 0 Å². The fourth-order valence-electron chi connectivity index (χ4n) is 7.56. The molecule has 0 radical (unpaired) electrons. The average Bonchev–Trinajstić information content (AvgIpc) is 3.57. The van der Waals surface area contributed by atoms with Gasteiger partial charge in [-0.25, -0.2) is 0 Å². The van der Waals surface area contributed by atoms with E-state index in [2.05, 4.69) is 43.2 Å². The largest absolute Gasteiger partial charge is 0.359 e. The summed E-state index contributed by atoms with van der Waals surface area (Å²) >= 11 is 6.14. The van der Waals surface area contributed by atoms with Crippen LogP contribution in [0.15, 0.2) is 36.4 Å². The van der Waals surface area contributed by atoms with Gasteiger partial charge in [-0.3, -0.25) is 14.4 Å². The fourth-order valence-corrected chi connectivity index (χ4v) is 7.75. The summed E-state index contributed by atoms with van der Waals surface area (Å²) in [5, 5.41) is 6.79. The number of anilines is 1. The molecule has 1 aromatic carbocycles. The van der Waals surface area contributed by atoms with E-state index in [1.807, 2.05) is 12.2 Å². The number of carbonyl (C=O) groups excluding carboxylic acids is 3. The Morgan fingerprint density at radius 2 is 1.86 bits per heavy atom. The first-order chi connectivity index (χ1) is 19.7. The lowest BCUT2D eigenvalue weighted by atomic mass is 9.73. The highest BCUT2D eigenvalue weighted by Gasteiger charge is 2.72. The molecule has 3 amide bonds. The number of halogens is 2. The number of amides is 3. The quantitative estimate of drug-likeness (QED) is 0.343. The molecule has 1 saturated carbocycles. The van der Waals surface area contributed by atoms with Crippen LogP contribution in [0.5, 0.6) is 0 Å². The van der Waals surface area contributed by atoms with Gasteiger partial charge in [0.15, 0.2) is 0 Å². The molecule has 42 heavy (non-hydrogen) atoms. The number of carbonyl (C=O) groups is 3. The van der Waals surface area contributed by atoms with Crippen molar-refractivity contribution in [3.63, 3.8) is 0 Å². The van der Waals surface area contributed by atoms with E-state index in [0.717, 1.165) is 45.2 Å². The van der Waals surface area contributed by atoms with Crippen molar-refractivity contribution in [2.24, 2.45) is 23.7 Å². The van der Waals surface area contributed by atoms with Gasteiger partial charge in [0, 0.05) is 29.8 Å². The van der Waals surface area contributed by atoms with Crippen molar-refractivity contribution in [2.75, 3.05) is 31.5 Å². The van der Waals surface area contributed by atoms with Crippen LogP contribution in [0.1, 0.15) is 59.8 Å². The van der Waals surface area contributed by atoms with Crippen LogP contribution < -0.4 is 10.6 Å². The van der Waals surface area contributed by atoms with Gasteiger partial charge >= 0.3 is 0 Å². The highest BCUT2D eigenvalue weighted by molar-refractivity contribution is 6.30. The predicted octanol–water partition coefficient (Wildman–Crippen LogP) is 4.91. The zero-order valence-electron chi connectivity index (χ0n) is 25.2. The molecule has 2 bridgehead atoms. The zero-order valence-corrected chi connectivity index (χ0v) is 26.8. The second kappa shape index (κ2) is 13.7. The molecule has 8 atom stereocenters. The molecule has 5 rings (SSSR count). The topological polar surface area (TPSA) is 91.0 Å². The van der Waals surface area contributed by atoms with Crippen molar-refractivity contribution in [3.8, 4) is 0 Å². The van der Waals surface area contributed by atoms with Gasteiger partial charge in [-0.05, 0) is 62.4 Å². The van der Waals surface area contributed by atoms with E-state index in [0.29, 0.717) is 35.6 Å². The molecule has 3 aliphatic heterocycles. The Labute approximate surface area is 261 Å². The second-order valence-corrected chi connectivity index (χ2v) is 12.9. The first kappa shape index (κ1) is 32.8. The smallest absolute Gasteiger partial charge is 0.246 e. The van der Waals surface area contributed by atoms with Crippen LogP contribution in [0.4, 0.5) is 5.69 Å². The van der Waals surface area contributed by atoms with E-state index >= 15 is 0 Å². The van der Waals surface area contributed by atoms with Crippen molar-refractivity contribution < 1.29 is 19.1 Å². The summed E-state index contributed by atoms with van der Waals surface area (Å²) in [7, 11) is 0. The van der Waals surface area contributed by atoms with Crippen molar-refractivity contribution >= 4 is 47.4 Å². The van der Waals surface area contributed by atoms with Gasteiger partial charge in [0.2, 0.25) is 17.7 Å². The van der Waals surface area contributed by atoms with E-state index < -0.39 is 29.6 Å². The van der Waals surface area contributed by atoms with Crippen molar-refractivity contribution in [1.82, 2.24) is 15.1 Å². The number of nitrogens with zero attached hydrogens (tertiary/aromatic N) is 2. The highest BCUT2D eigenvalue weighted by Crippen LogP contribution is 2.55. The Morgan fingerprint density at radius 1 is 1.12 bits per heavy atom. The molecule has 0 aromatic heterocycles. The Balaban J connectivity index is 0.00000405. The SMILES string of the molecule is CCCN(CCC)CCN1C(=O)C2C(C(=O)Nc3cccc(Cl)c3)C3C=CC2(O3)C1C(=O)NC1CCCC(C)C1C.Cl. The molecule has 4 aliphatic rings. The van der Waals surface area contributed by atoms with Crippen LogP contribution in [0, 0.1) is 23.7 Å². The average molecular weight is 622 g/mol. The normalized spacial score (nSPS) is 33.0. The summed E-state index contributed by atoms with van der Waals surface area (Å²) in [6.07, 6.45) is 8.38. The molecule has 8 unspecified atom stereocenters. The van der Waals surface area contributed by atoms with Crippen LogP contribution in [0.25, 0.3) is 0 Å². The maximum absolute atomic E-state index is 14.3. The molecular formula is C32H46Cl2N4O4. The fraction of sp³-hybridized carbons (Fsp3) is 0.656. The number of fused-ring (bicyclic) bond motifs is 1. The predicted molar refractivity (Wildman–Crippen MR) is 168 cm³/mol. The van der Waals surface area contributed by atoms with Gasteiger partial charge in [-0.1, -0.05) is 70.4 Å². The maximum Gasteiger partial charge on any atom is 0.246 e. The lowest BCUT2D eigenvalue weighted by molar-refractivity contribution is -0.141. The minimum Gasteiger partial charge on any atom is -0.359 e. The maximum atomic E-state index is 14.3. The molecule has 232 valence electrons. The van der Waals surface area contributed by atoms with Crippen LogP contribution >= 0.6 is 24.0 Å². The number of nitrogens with one attached hydrogen (secondary N) is 2. The third kappa shape index (κ3) is 6.10. The van der Waals surface area contributed by atoms with Gasteiger partial charge in [0.25, 0.3) is 0 Å². The monoisotopic (exact) mass is 620 g/mol. The van der Waals surface area contributed by atoms with E-state index in [-0.39, 0.29) is 36.2 Å². The molecule has 1 aliphatic carbocycles. The lowest BCUT2D eigenvalue weighted by Gasteiger charge is -2.38. The number of ether oxygens (including phenoxy) is 1. The van der Waals surface area contributed by atoms with E-state index in [4.69, 9.17) is 16.3 Å². The van der Waals surface area contributed by atoms with Crippen LogP contribution in [0.3, 0.4) is 0 Å². The number of hydrogen-bond donors (Lipinski definition) is 2. The molecule has 8 nitrogen and oxygen atoms in total. The second-order valence-electron chi connectivity index (χ2n) is 12.5. The van der Waals surface area contributed by atoms with Gasteiger partial charge in [-0.15, -0.1) is 12.4 Å². The third-order valence-electron chi connectivity index (χ3n) is 9.79. The Kier molecular flexibility index (Phi) is 10.7. The zero-order chi connectivity index (χ0) is 29.3. The molecule has 3 fully saturated rings. The summed E-state index contributed by atoms with van der Waals surface area (Å²) in [5.74, 6) is -1.27. The first-order valence-electron chi connectivity index (χ1n) is 15.5. The lowest BCUT2D eigenvalue weighted by Crippen LogP contribution is -2.58. The molecular weight excluding hydrogens is 575 g/mol. The van der Waals surface area contributed by atoms with Gasteiger partial charge in [-0.2, -0.15) is 0 Å². The minimum atomic E-state index is -1.16. The number of benzene rings is 1.